The van der Waals surface area contributed by atoms with Gasteiger partial charge in [-0.15, -0.1) is 11.3 Å². The highest BCUT2D eigenvalue weighted by molar-refractivity contribution is 7.14. The van der Waals surface area contributed by atoms with E-state index in [0.717, 1.165) is 40.5 Å². The number of carbonyl (C=O) groups excluding carboxylic acids is 2. The van der Waals surface area contributed by atoms with Crippen molar-refractivity contribution in [3.05, 3.63) is 50.2 Å². The molecule has 3 rings (SSSR count). The molecule has 0 radical (unpaired) electrons. The standard InChI is InChI=1S/C23H30N2O2S/c1-6-17-7-8-19-18(11-17)12-20(28-19)23(27)25(5)13-21(26)24-22-15(3)9-14(2)10-16(22)4/h9-10,12,17H,6-8,11,13H2,1-5H3,(H,24,26)/t17-/m1/s1. The van der Waals surface area contributed by atoms with Gasteiger partial charge >= 0.3 is 0 Å². The lowest BCUT2D eigenvalue weighted by atomic mass is 9.87. The van der Waals surface area contributed by atoms with E-state index in [1.54, 1.807) is 18.4 Å². The zero-order chi connectivity index (χ0) is 20.4. The molecule has 0 saturated heterocycles. The quantitative estimate of drug-likeness (QED) is 0.779. The number of nitrogens with zero attached hydrogens (tertiary/aromatic N) is 1. The van der Waals surface area contributed by atoms with Crippen LogP contribution in [0.15, 0.2) is 18.2 Å². The second-order valence-corrected chi connectivity index (χ2v) is 9.20. The fraction of sp³-hybridized carbons (Fsp3) is 0.478. The van der Waals surface area contributed by atoms with Crippen LogP contribution in [0.4, 0.5) is 5.69 Å². The number of benzene rings is 1. The Morgan fingerprint density at radius 1 is 1.18 bits per heavy atom. The molecule has 4 nitrogen and oxygen atoms in total. The molecule has 0 unspecified atom stereocenters. The Morgan fingerprint density at radius 2 is 1.86 bits per heavy atom. The monoisotopic (exact) mass is 398 g/mol. The average molecular weight is 399 g/mol. The molecule has 1 heterocycles. The summed E-state index contributed by atoms with van der Waals surface area (Å²) in [5, 5.41) is 2.98. The number of amides is 2. The Hall–Kier alpha value is -2.14. The fourth-order valence-electron chi connectivity index (χ4n) is 4.08. The molecule has 5 heteroatoms. The Kier molecular flexibility index (Phi) is 6.23. The maximum Gasteiger partial charge on any atom is 0.264 e. The van der Waals surface area contributed by atoms with Gasteiger partial charge in [0.1, 0.15) is 0 Å². The van der Waals surface area contributed by atoms with Gasteiger partial charge in [-0.25, -0.2) is 0 Å². The first kappa shape index (κ1) is 20.6. The molecule has 0 aliphatic heterocycles. The summed E-state index contributed by atoms with van der Waals surface area (Å²) in [6.45, 7) is 8.31. The van der Waals surface area contributed by atoms with Gasteiger partial charge in [-0.05, 0) is 68.7 Å². The second-order valence-electron chi connectivity index (χ2n) is 8.06. The first-order valence-electron chi connectivity index (χ1n) is 10.0. The smallest absolute Gasteiger partial charge is 0.264 e. The van der Waals surface area contributed by atoms with Crippen molar-refractivity contribution in [2.45, 2.75) is 53.4 Å². The van der Waals surface area contributed by atoms with Crippen molar-refractivity contribution in [2.75, 3.05) is 18.9 Å². The molecule has 1 atom stereocenters. The normalized spacial score (nSPS) is 15.8. The van der Waals surface area contributed by atoms with E-state index in [-0.39, 0.29) is 18.4 Å². The molecule has 0 saturated carbocycles. The summed E-state index contributed by atoms with van der Waals surface area (Å²) < 4.78 is 0. The lowest BCUT2D eigenvalue weighted by Crippen LogP contribution is -2.34. The van der Waals surface area contributed by atoms with Crippen LogP contribution in [0.3, 0.4) is 0 Å². The average Bonchev–Trinajstić information content (AvgIpc) is 3.06. The maximum absolute atomic E-state index is 12.8. The van der Waals surface area contributed by atoms with Gasteiger partial charge in [0.05, 0.1) is 11.4 Å². The molecule has 1 N–H and O–H groups in total. The van der Waals surface area contributed by atoms with E-state index in [9.17, 15) is 9.59 Å². The Morgan fingerprint density at radius 3 is 2.50 bits per heavy atom. The molecular formula is C23H30N2O2S. The highest BCUT2D eigenvalue weighted by atomic mass is 32.1. The fourth-order valence-corrected chi connectivity index (χ4v) is 5.29. The third-order valence-corrected chi connectivity index (χ3v) is 6.87. The number of thiophene rings is 1. The summed E-state index contributed by atoms with van der Waals surface area (Å²) in [7, 11) is 1.70. The van der Waals surface area contributed by atoms with E-state index in [0.29, 0.717) is 0 Å². The van der Waals surface area contributed by atoms with Gasteiger partial charge in [0, 0.05) is 17.6 Å². The molecule has 150 valence electrons. The predicted molar refractivity (Wildman–Crippen MR) is 116 cm³/mol. The number of hydrogen-bond acceptors (Lipinski definition) is 3. The van der Waals surface area contributed by atoms with Crippen LogP contribution >= 0.6 is 11.3 Å². The largest absolute Gasteiger partial charge is 0.332 e. The SMILES string of the molecule is CC[C@@H]1CCc2sc(C(=O)N(C)CC(=O)Nc3c(C)cc(C)cc3C)cc2C1. The Balaban J connectivity index is 1.65. The van der Waals surface area contributed by atoms with E-state index in [2.05, 4.69) is 24.4 Å². The van der Waals surface area contributed by atoms with Crippen LogP contribution in [0.25, 0.3) is 0 Å². The predicted octanol–water partition coefficient (Wildman–Crippen LogP) is 4.90. The molecule has 28 heavy (non-hydrogen) atoms. The lowest BCUT2D eigenvalue weighted by Gasteiger charge is -2.19. The summed E-state index contributed by atoms with van der Waals surface area (Å²) in [4.78, 5) is 29.0. The van der Waals surface area contributed by atoms with Crippen molar-refractivity contribution in [2.24, 2.45) is 5.92 Å². The van der Waals surface area contributed by atoms with Crippen LogP contribution in [0, 0.1) is 26.7 Å². The highest BCUT2D eigenvalue weighted by Crippen LogP contribution is 2.34. The van der Waals surface area contributed by atoms with Crippen LogP contribution in [-0.2, 0) is 17.6 Å². The molecule has 1 aromatic heterocycles. The first-order chi connectivity index (χ1) is 13.3. The molecule has 2 aromatic rings. The third-order valence-electron chi connectivity index (χ3n) is 5.64. The number of fused-ring (bicyclic) bond motifs is 1. The van der Waals surface area contributed by atoms with Crippen LogP contribution in [0.5, 0.6) is 0 Å². The van der Waals surface area contributed by atoms with Crippen LogP contribution in [0.2, 0.25) is 0 Å². The summed E-state index contributed by atoms with van der Waals surface area (Å²) in [5.41, 5.74) is 5.42. The minimum Gasteiger partial charge on any atom is -0.332 e. The molecule has 0 fully saturated rings. The van der Waals surface area contributed by atoms with Crippen molar-refractivity contribution >= 4 is 28.8 Å². The van der Waals surface area contributed by atoms with Gasteiger partial charge in [-0.2, -0.15) is 0 Å². The van der Waals surface area contributed by atoms with Crippen molar-refractivity contribution < 1.29 is 9.59 Å². The van der Waals surface area contributed by atoms with Gasteiger partial charge in [0.2, 0.25) is 5.91 Å². The Labute approximate surface area is 172 Å². The number of nitrogens with one attached hydrogen (secondary N) is 1. The number of rotatable bonds is 5. The number of carbonyl (C=O) groups is 2. The van der Waals surface area contributed by atoms with E-state index in [1.165, 1.54) is 33.7 Å². The molecule has 0 spiro atoms. The molecule has 2 amide bonds. The minimum absolute atomic E-state index is 0.0474. The summed E-state index contributed by atoms with van der Waals surface area (Å²) in [6, 6.07) is 6.15. The molecular weight excluding hydrogens is 368 g/mol. The second kappa shape index (κ2) is 8.48. The minimum atomic E-state index is -0.168. The van der Waals surface area contributed by atoms with Gasteiger partial charge in [0.25, 0.3) is 5.91 Å². The summed E-state index contributed by atoms with van der Waals surface area (Å²) in [6.07, 6.45) is 4.55. The number of likely N-dealkylation sites (N-methyl/N-ethyl adjacent to an activating group) is 1. The number of aryl methyl sites for hydroxylation is 4. The highest BCUT2D eigenvalue weighted by Gasteiger charge is 2.24. The zero-order valence-electron chi connectivity index (χ0n) is 17.5. The van der Waals surface area contributed by atoms with E-state index in [4.69, 9.17) is 0 Å². The van der Waals surface area contributed by atoms with Gasteiger partial charge in [-0.1, -0.05) is 31.0 Å². The van der Waals surface area contributed by atoms with Crippen molar-refractivity contribution in [3.8, 4) is 0 Å². The molecule has 1 aliphatic carbocycles. The van der Waals surface area contributed by atoms with Crippen LogP contribution in [-0.4, -0.2) is 30.3 Å². The lowest BCUT2D eigenvalue weighted by molar-refractivity contribution is -0.116. The summed E-state index contributed by atoms with van der Waals surface area (Å²) in [5.74, 6) is 0.493. The topological polar surface area (TPSA) is 49.4 Å². The van der Waals surface area contributed by atoms with E-state index >= 15 is 0 Å². The van der Waals surface area contributed by atoms with Crippen LogP contribution < -0.4 is 5.32 Å². The first-order valence-corrected chi connectivity index (χ1v) is 10.8. The van der Waals surface area contributed by atoms with Crippen molar-refractivity contribution in [1.29, 1.82) is 0 Å². The van der Waals surface area contributed by atoms with Gasteiger partial charge in [-0.3, -0.25) is 9.59 Å². The van der Waals surface area contributed by atoms with Gasteiger partial charge in [0.15, 0.2) is 0 Å². The number of anilines is 1. The Bertz CT molecular complexity index is 877. The van der Waals surface area contributed by atoms with E-state index < -0.39 is 0 Å². The zero-order valence-corrected chi connectivity index (χ0v) is 18.3. The molecule has 0 bridgehead atoms. The molecule has 1 aliphatic rings. The summed E-state index contributed by atoms with van der Waals surface area (Å²) >= 11 is 1.60. The van der Waals surface area contributed by atoms with Crippen molar-refractivity contribution in [3.63, 3.8) is 0 Å². The van der Waals surface area contributed by atoms with Crippen molar-refractivity contribution in [1.82, 2.24) is 4.90 Å². The molecule has 1 aromatic carbocycles. The van der Waals surface area contributed by atoms with Crippen LogP contribution in [0.1, 0.15) is 56.6 Å². The van der Waals surface area contributed by atoms with E-state index in [1.807, 2.05) is 26.8 Å². The number of hydrogen-bond donors (Lipinski definition) is 1. The maximum atomic E-state index is 12.8. The van der Waals surface area contributed by atoms with Gasteiger partial charge < -0.3 is 10.2 Å². The third kappa shape index (κ3) is 4.46.